The van der Waals surface area contributed by atoms with Crippen LogP contribution in [0.5, 0.6) is 0 Å². The molecule has 0 bridgehead atoms. The zero-order valence-electron chi connectivity index (χ0n) is 11.0. The first-order chi connectivity index (χ1) is 8.56. The maximum absolute atomic E-state index is 11.9. The minimum atomic E-state index is -0.726. The van der Waals surface area contributed by atoms with Gasteiger partial charge >= 0.3 is 5.97 Å². The van der Waals surface area contributed by atoms with Crippen molar-refractivity contribution >= 4 is 5.97 Å². The number of nitrogens with two attached hydrogens (primary N) is 1. The summed E-state index contributed by atoms with van der Waals surface area (Å²) >= 11 is 0. The standard InChI is InChI=1S/C13H21N3O2/c1-9-4-3-5-11(6-9)18-13(17)12(14)10-7-15-16(2)8-10/h7-9,11-12H,3-6,14H2,1-2H3. The van der Waals surface area contributed by atoms with Gasteiger partial charge in [-0.3, -0.25) is 4.68 Å². The van der Waals surface area contributed by atoms with Gasteiger partial charge in [-0.15, -0.1) is 0 Å². The second-order valence-corrected chi connectivity index (χ2v) is 5.26. The first-order valence-electron chi connectivity index (χ1n) is 6.51. The van der Waals surface area contributed by atoms with Gasteiger partial charge in [0.25, 0.3) is 0 Å². The molecule has 1 aliphatic carbocycles. The number of aromatic nitrogens is 2. The van der Waals surface area contributed by atoms with Crippen molar-refractivity contribution in [1.82, 2.24) is 9.78 Å². The zero-order valence-corrected chi connectivity index (χ0v) is 11.0. The summed E-state index contributed by atoms with van der Waals surface area (Å²) in [6.07, 6.45) is 7.64. The Labute approximate surface area is 107 Å². The number of hydrogen-bond donors (Lipinski definition) is 1. The highest BCUT2D eigenvalue weighted by molar-refractivity contribution is 5.77. The van der Waals surface area contributed by atoms with E-state index in [1.807, 2.05) is 0 Å². The van der Waals surface area contributed by atoms with Crippen molar-refractivity contribution in [3.05, 3.63) is 18.0 Å². The fourth-order valence-corrected chi connectivity index (χ4v) is 2.46. The lowest BCUT2D eigenvalue weighted by Crippen LogP contribution is -2.30. The van der Waals surface area contributed by atoms with E-state index in [-0.39, 0.29) is 12.1 Å². The Balaban J connectivity index is 1.91. The summed E-state index contributed by atoms with van der Waals surface area (Å²) in [5.74, 6) is 0.285. The maximum atomic E-state index is 11.9. The number of esters is 1. The molecule has 18 heavy (non-hydrogen) atoms. The van der Waals surface area contributed by atoms with E-state index in [0.717, 1.165) is 19.3 Å². The topological polar surface area (TPSA) is 70.1 Å². The van der Waals surface area contributed by atoms with Crippen molar-refractivity contribution in [1.29, 1.82) is 0 Å². The van der Waals surface area contributed by atoms with Crippen molar-refractivity contribution in [3.63, 3.8) is 0 Å². The van der Waals surface area contributed by atoms with E-state index in [1.54, 1.807) is 24.1 Å². The third-order valence-electron chi connectivity index (χ3n) is 3.51. The van der Waals surface area contributed by atoms with Crippen LogP contribution in [0.2, 0.25) is 0 Å². The quantitative estimate of drug-likeness (QED) is 0.827. The second-order valence-electron chi connectivity index (χ2n) is 5.26. The molecule has 1 aliphatic rings. The van der Waals surface area contributed by atoms with Gasteiger partial charge in [-0.05, 0) is 25.2 Å². The third-order valence-corrected chi connectivity index (χ3v) is 3.51. The van der Waals surface area contributed by atoms with Gasteiger partial charge in [0, 0.05) is 18.8 Å². The lowest BCUT2D eigenvalue weighted by molar-refractivity contribution is -0.153. The molecule has 0 aromatic carbocycles. The number of hydrogen-bond acceptors (Lipinski definition) is 4. The lowest BCUT2D eigenvalue weighted by Gasteiger charge is -2.27. The van der Waals surface area contributed by atoms with Gasteiger partial charge in [-0.1, -0.05) is 13.3 Å². The van der Waals surface area contributed by atoms with Gasteiger partial charge < -0.3 is 10.5 Å². The number of ether oxygens (including phenoxy) is 1. The van der Waals surface area contributed by atoms with E-state index in [2.05, 4.69) is 12.0 Å². The van der Waals surface area contributed by atoms with Crippen LogP contribution in [0.15, 0.2) is 12.4 Å². The highest BCUT2D eigenvalue weighted by atomic mass is 16.5. The number of rotatable bonds is 3. The number of carbonyl (C=O) groups is 1. The molecular formula is C13H21N3O2. The Bertz CT molecular complexity index is 416. The van der Waals surface area contributed by atoms with Crippen LogP contribution in [0, 0.1) is 5.92 Å². The van der Waals surface area contributed by atoms with E-state index in [4.69, 9.17) is 10.5 Å². The second kappa shape index (κ2) is 5.52. The molecule has 2 rings (SSSR count). The molecule has 1 fully saturated rings. The molecular weight excluding hydrogens is 230 g/mol. The SMILES string of the molecule is CC1CCCC(OC(=O)C(N)c2cnn(C)c2)C1. The van der Waals surface area contributed by atoms with Crippen molar-refractivity contribution in [3.8, 4) is 0 Å². The molecule has 0 amide bonds. The summed E-state index contributed by atoms with van der Waals surface area (Å²) in [6.45, 7) is 2.20. The summed E-state index contributed by atoms with van der Waals surface area (Å²) in [6, 6.07) is -0.726. The summed E-state index contributed by atoms with van der Waals surface area (Å²) in [7, 11) is 1.80. The Morgan fingerprint density at radius 3 is 3.00 bits per heavy atom. The Morgan fingerprint density at radius 2 is 2.39 bits per heavy atom. The van der Waals surface area contributed by atoms with Crippen LogP contribution >= 0.6 is 0 Å². The molecule has 5 nitrogen and oxygen atoms in total. The molecule has 0 saturated heterocycles. The molecule has 1 aromatic heterocycles. The van der Waals surface area contributed by atoms with Crippen molar-refractivity contribution in [2.24, 2.45) is 18.7 Å². The molecule has 3 unspecified atom stereocenters. The summed E-state index contributed by atoms with van der Waals surface area (Å²) < 4.78 is 7.12. The minimum absolute atomic E-state index is 0.0315. The summed E-state index contributed by atoms with van der Waals surface area (Å²) in [4.78, 5) is 11.9. The molecule has 2 N–H and O–H groups in total. The maximum Gasteiger partial charge on any atom is 0.327 e. The number of carbonyl (C=O) groups excluding carboxylic acids is 1. The van der Waals surface area contributed by atoms with Crippen LogP contribution in [-0.2, 0) is 16.6 Å². The van der Waals surface area contributed by atoms with Crippen LogP contribution in [0.4, 0.5) is 0 Å². The van der Waals surface area contributed by atoms with Gasteiger partial charge in [-0.25, -0.2) is 4.79 Å². The number of aryl methyl sites for hydroxylation is 1. The monoisotopic (exact) mass is 251 g/mol. The number of nitrogens with zero attached hydrogens (tertiary/aromatic N) is 2. The van der Waals surface area contributed by atoms with Gasteiger partial charge in [0.2, 0.25) is 0 Å². The van der Waals surface area contributed by atoms with Crippen molar-refractivity contribution in [2.45, 2.75) is 44.8 Å². The van der Waals surface area contributed by atoms with Crippen molar-refractivity contribution < 1.29 is 9.53 Å². The highest BCUT2D eigenvalue weighted by Crippen LogP contribution is 2.26. The molecule has 5 heteroatoms. The Kier molecular flexibility index (Phi) is 4.01. The van der Waals surface area contributed by atoms with Crippen LogP contribution in [0.25, 0.3) is 0 Å². The van der Waals surface area contributed by atoms with Crippen LogP contribution in [0.1, 0.15) is 44.2 Å². The average molecular weight is 251 g/mol. The molecule has 1 aromatic rings. The van der Waals surface area contributed by atoms with Crippen LogP contribution < -0.4 is 5.73 Å². The summed E-state index contributed by atoms with van der Waals surface area (Å²) in [5, 5.41) is 4.01. The average Bonchev–Trinajstić information content (AvgIpc) is 2.75. The van der Waals surface area contributed by atoms with Crippen molar-refractivity contribution in [2.75, 3.05) is 0 Å². The van der Waals surface area contributed by atoms with Gasteiger partial charge in [-0.2, -0.15) is 5.10 Å². The van der Waals surface area contributed by atoms with Gasteiger partial charge in [0.05, 0.1) is 6.20 Å². The lowest BCUT2D eigenvalue weighted by atomic mass is 9.89. The van der Waals surface area contributed by atoms with Crippen LogP contribution in [-0.4, -0.2) is 21.9 Å². The Morgan fingerprint density at radius 1 is 1.61 bits per heavy atom. The molecule has 100 valence electrons. The predicted octanol–water partition coefficient (Wildman–Crippen LogP) is 1.54. The van der Waals surface area contributed by atoms with E-state index >= 15 is 0 Å². The van der Waals surface area contributed by atoms with E-state index < -0.39 is 6.04 Å². The zero-order chi connectivity index (χ0) is 13.1. The Hall–Kier alpha value is -1.36. The molecule has 1 heterocycles. The first kappa shape index (κ1) is 13.1. The van der Waals surface area contributed by atoms with Gasteiger partial charge in [0.1, 0.15) is 12.1 Å². The molecule has 1 saturated carbocycles. The van der Waals surface area contributed by atoms with E-state index in [1.165, 1.54) is 6.42 Å². The van der Waals surface area contributed by atoms with Crippen LogP contribution in [0.3, 0.4) is 0 Å². The van der Waals surface area contributed by atoms with E-state index in [9.17, 15) is 4.79 Å². The normalized spacial score (nSPS) is 25.7. The largest absolute Gasteiger partial charge is 0.461 e. The minimum Gasteiger partial charge on any atom is -0.461 e. The smallest absolute Gasteiger partial charge is 0.327 e. The first-order valence-corrected chi connectivity index (χ1v) is 6.51. The molecule has 0 spiro atoms. The van der Waals surface area contributed by atoms with E-state index in [0.29, 0.717) is 11.5 Å². The molecule has 3 atom stereocenters. The fraction of sp³-hybridized carbons (Fsp3) is 0.692. The fourth-order valence-electron chi connectivity index (χ4n) is 2.46. The predicted molar refractivity (Wildman–Crippen MR) is 67.6 cm³/mol. The van der Waals surface area contributed by atoms with Gasteiger partial charge in [0.15, 0.2) is 0 Å². The molecule has 0 radical (unpaired) electrons. The highest BCUT2D eigenvalue weighted by Gasteiger charge is 2.26. The third kappa shape index (κ3) is 3.10. The molecule has 0 aliphatic heterocycles. The summed E-state index contributed by atoms with van der Waals surface area (Å²) in [5.41, 5.74) is 6.58.